The topological polar surface area (TPSA) is 151 Å². The van der Waals surface area contributed by atoms with E-state index in [-0.39, 0.29) is 72.5 Å². The van der Waals surface area contributed by atoms with Crippen LogP contribution >= 0.6 is 25.0 Å². The van der Waals surface area contributed by atoms with E-state index in [1.54, 1.807) is 26.0 Å². The van der Waals surface area contributed by atoms with E-state index in [2.05, 4.69) is 39.3 Å². The summed E-state index contributed by atoms with van der Waals surface area (Å²) in [5.41, 5.74) is -2.40. The molecule has 4 aliphatic rings. The minimum absolute atomic E-state index is 0. The van der Waals surface area contributed by atoms with Gasteiger partial charge in [-0.3, -0.25) is 44.1 Å². The van der Waals surface area contributed by atoms with Gasteiger partial charge in [0.2, 0.25) is 23.6 Å². The third-order valence-electron chi connectivity index (χ3n) is 11.6. The molecule has 2 N–H and O–H groups in total. The number of aromatic nitrogens is 1. The number of hydrogen-bond acceptors (Lipinski definition) is 11. The van der Waals surface area contributed by atoms with Crippen LogP contribution in [-0.2, 0) is 30.1 Å². The number of amides is 4. The van der Waals surface area contributed by atoms with Crippen LogP contribution < -0.4 is 15.5 Å². The van der Waals surface area contributed by atoms with Gasteiger partial charge >= 0.3 is 6.18 Å². The molecule has 57 heavy (non-hydrogen) atoms. The standard InChI is InChI=1S/C39H49F3N8O5S.ClH/c1-23-20-47(21-24(2)48(23)22-34(52)45-26-7-5-25(6-8-26)30-13-14-33(51)46-35(30)53)15-16-55-29-11-9-27(10-12-29)50-37(56)49(36(54)38(50,3)4)28-17-31(39(40,41)42)32(18-43)44-19-28;/h5-8,17,19,23-24,27,29-30,37,56H,9-16,20-22H2,1-4H3,(H,45,52)(H,46,51,53);1H/t23-,24+,27?,29?,30?,37?;. The molecule has 0 spiro atoms. The number of nitriles is 1. The number of alkyl halides is 3. The zero-order valence-electron chi connectivity index (χ0n) is 32.4. The average molecular weight is 835 g/mol. The maximum absolute atomic E-state index is 13.7. The summed E-state index contributed by atoms with van der Waals surface area (Å²) in [5, 5.41) is 14.5. The van der Waals surface area contributed by atoms with E-state index in [0.717, 1.165) is 63.1 Å². The molecule has 0 radical (unpaired) electrons. The Morgan fingerprint density at radius 1 is 1.07 bits per heavy atom. The van der Waals surface area contributed by atoms with Gasteiger partial charge in [0.1, 0.15) is 11.6 Å². The van der Waals surface area contributed by atoms with Crippen molar-refractivity contribution in [1.29, 1.82) is 5.26 Å². The van der Waals surface area contributed by atoms with Gasteiger partial charge in [-0.2, -0.15) is 18.4 Å². The zero-order valence-corrected chi connectivity index (χ0v) is 34.1. The lowest BCUT2D eigenvalue weighted by Crippen LogP contribution is -2.58. The third-order valence-corrected chi connectivity index (χ3v) is 12.0. The van der Waals surface area contributed by atoms with Gasteiger partial charge in [-0.25, -0.2) is 4.98 Å². The van der Waals surface area contributed by atoms with E-state index in [1.165, 1.54) is 11.0 Å². The third kappa shape index (κ3) is 9.75. The SMILES string of the molecule is C[C@@H]1CN(CCOC2CCC(N3C(S)N(c4cnc(C#N)c(C(F)(F)F)c4)C(=O)C3(C)C)CC2)C[C@H](C)N1CC(=O)Nc1ccc(C2CCC(=O)NC2=O)cc1.Cl. The number of anilines is 2. The number of imide groups is 1. The molecule has 4 amide bonds. The van der Waals surface area contributed by atoms with Gasteiger partial charge in [-0.15, -0.1) is 25.0 Å². The molecule has 3 saturated heterocycles. The first-order chi connectivity index (χ1) is 26.5. The number of thiol groups is 1. The largest absolute Gasteiger partial charge is 0.419 e. The van der Waals surface area contributed by atoms with Crippen LogP contribution in [0, 0.1) is 11.3 Å². The van der Waals surface area contributed by atoms with E-state index in [1.807, 2.05) is 17.0 Å². The highest BCUT2D eigenvalue weighted by Crippen LogP contribution is 2.43. The Hall–Kier alpha value is -3.79. The minimum Gasteiger partial charge on any atom is -0.377 e. The molecule has 18 heteroatoms. The number of nitrogens with one attached hydrogen (secondary N) is 2. The molecule has 3 aliphatic heterocycles. The fourth-order valence-electron chi connectivity index (χ4n) is 8.68. The Morgan fingerprint density at radius 2 is 1.72 bits per heavy atom. The van der Waals surface area contributed by atoms with Gasteiger partial charge in [-0.1, -0.05) is 12.1 Å². The fraction of sp³-hybridized carbons (Fsp3) is 0.590. The van der Waals surface area contributed by atoms with E-state index in [0.29, 0.717) is 25.1 Å². The molecule has 1 aliphatic carbocycles. The molecule has 1 aromatic carbocycles. The van der Waals surface area contributed by atoms with Crippen molar-refractivity contribution in [2.45, 2.75) is 114 Å². The van der Waals surface area contributed by atoms with Crippen molar-refractivity contribution in [3.05, 3.63) is 53.3 Å². The van der Waals surface area contributed by atoms with E-state index >= 15 is 0 Å². The second-order valence-corrected chi connectivity index (χ2v) is 16.3. The summed E-state index contributed by atoms with van der Waals surface area (Å²) >= 11 is 4.73. The quantitative estimate of drug-likeness (QED) is 0.223. The molecule has 2 unspecified atom stereocenters. The van der Waals surface area contributed by atoms with Crippen LogP contribution in [0.4, 0.5) is 24.5 Å². The van der Waals surface area contributed by atoms with Gasteiger partial charge in [0.15, 0.2) is 5.69 Å². The molecule has 4 atom stereocenters. The molecule has 4 heterocycles. The first kappa shape index (κ1) is 44.3. The molecule has 6 rings (SSSR count). The summed E-state index contributed by atoms with van der Waals surface area (Å²) in [6.07, 6.45) is 0.101. The number of carbonyl (C=O) groups is 4. The first-order valence-corrected chi connectivity index (χ1v) is 19.6. The molecule has 0 bridgehead atoms. The second kappa shape index (κ2) is 18.0. The zero-order chi connectivity index (χ0) is 40.5. The predicted octanol–water partition coefficient (Wildman–Crippen LogP) is 4.92. The Labute approximate surface area is 342 Å². The molecule has 13 nitrogen and oxygen atoms in total. The number of carbonyl (C=O) groups excluding carboxylic acids is 4. The lowest BCUT2D eigenvalue weighted by Gasteiger charge is -2.44. The number of nitrogens with zero attached hydrogens (tertiary/aromatic N) is 6. The molecular weight excluding hydrogens is 785 g/mol. The van der Waals surface area contributed by atoms with E-state index < -0.39 is 34.4 Å². The van der Waals surface area contributed by atoms with Crippen molar-refractivity contribution in [3.63, 3.8) is 0 Å². The summed E-state index contributed by atoms with van der Waals surface area (Å²) in [5.74, 6) is -1.44. The highest BCUT2D eigenvalue weighted by molar-refractivity contribution is 7.81. The molecule has 1 aromatic heterocycles. The number of ether oxygens (including phenoxy) is 1. The van der Waals surface area contributed by atoms with Crippen LogP contribution in [0.15, 0.2) is 36.5 Å². The number of hydrogen-bond donors (Lipinski definition) is 3. The normalized spacial score (nSPS) is 27.4. The Morgan fingerprint density at radius 3 is 2.32 bits per heavy atom. The van der Waals surface area contributed by atoms with Gasteiger partial charge in [0, 0.05) is 49.9 Å². The van der Waals surface area contributed by atoms with Crippen molar-refractivity contribution in [3.8, 4) is 6.07 Å². The molecule has 2 aromatic rings. The van der Waals surface area contributed by atoms with Crippen LogP contribution in [0.25, 0.3) is 0 Å². The molecule has 4 fully saturated rings. The second-order valence-electron chi connectivity index (χ2n) is 15.8. The summed E-state index contributed by atoms with van der Waals surface area (Å²) in [4.78, 5) is 61.8. The number of halogens is 4. The van der Waals surface area contributed by atoms with E-state index in [4.69, 9.17) is 22.6 Å². The smallest absolute Gasteiger partial charge is 0.377 e. The fourth-order valence-corrected chi connectivity index (χ4v) is 9.40. The molecule has 1 saturated carbocycles. The van der Waals surface area contributed by atoms with Crippen molar-refractivity contribution >= 4 is 60.0 Å². The predicted molar refractivity (Wildman–Crippen MR) is 212 cm³/mol. The number of pyridine rings is 1. The lowest BCUT2D eigenvalue weighted by atomic mass is 9.89. The van der Waals surface area contributed by atoms with Crippen LogP contribution in [0.2, 0.25) is 0 Å². The summed E-state index contributed by atoms with van der Waals surface area (Å²) < 4.78 is 47.4. The lowest BCUT2D eigenvalue weighted by molar-refractivity contribution is -0.138. The number of benzene rings is 1. The monoisotopic (exact) mass is 834 g/mol. The molecule has 310 valence electrons. The number of piperazine rings is 1. The van der Waals surface area contributed by atoms with E-state index in [9.17, 15) is 32.3 Å². The van der Waals surface area contributed by atoms with Crippen molar-refractivity contribution in [2.75, 3.05) is 43.0 Å². The Balaban J connectivity index is 0.00000620. The van der Waals surface area contributed by atoms with Gasteiger partial charge in [0.05, 0.1) is 48.2 Å². The summed E-state index contributed by atoms with van der Waals surface area (Å²) in [6, 6.07) is 9.69. The van der Waals surface area contributed by atoms with Crippen LogP contribution in [0.1, 0.15) is 89.0 Å². The average Bonchev–Trinajstić information content (AvgIpc) is 3.32. The van der Waals surface area contributed by atoms with Crippen molar-refractivity contribution in [2.24, 2.45) is 0 Å². The van der Waals surface area contributed by atoms with Gasteiger partial charge in [0.25, 0.3) is 0 Å². The highest BCUT2D eigenvalue weighted by atomic mass is 35.5. The number of rotatable bonds is 10. The minimum atomic E-state index is -4.81. The maximum Gasteiger partial charge on any atom is 0.419 e. The molecular formula is C39H50ClF3N8O5S. The summed E-state index contributed by atoms with van der Waals surface area (Å²) in [6.45, 7) is 10.8. The van der Waals surface area contributed by atoms with Crippen molar-refractivity contribution < 1.29 is 37.1 Å². The van der Waals surface area contributed by atoms with Crippen molar-refractivity contribution in [1.82, 2.24) is 25.0 Å². The Kier molecular flexibility index (Phi) is 14.0. The highest BCUT2D eigenvalue weighted by Gasteiger charge is 2.54. The first-order valence-electron chi connectivity index (χ1n) is 19.1. The summed E-state index contributed by atoms with van der Waals surface area (Å²) in [7, 11) is 0. The van der Waals surface area contributed by atoms with Crippen LogP contribution in [-0.4, -0.2) is 111 Å². The maximum atomic E-state index is 13.7. The number of piperidine rings is 1. The van der Waals surface area contributed by atoms with Gasteiger partial charge in [-0.05, 0) is 83.6 Å². The Bertz CT molecular complexity index is 1840. The van der Waals surface area contributed by atoms with Gasteiger partial charge < -0.3 is 10.1 Å². The van der Waals surface area contributed by atoms with Crippen LogP contribution in [0.5, 0.6) is 0 Å². The van der Waals surface area contributed by atoms with Crippen LogP contribution in [0.3, 0.4) is 0 Å².